The van der Waals surface area contributed by atoms with Gasteiger partial charge in [-0.3, -0.25) is 0 Å². The monoisotopic (exact) mass is 306 g/mol. The minimum absolute atomic E-state index is 0.316. The van der Waals surface area contributed by atoms with Crippen molar-refractivity contribution in [3.63, 3.8) is 0 Å². The van der Waals surface area contributed by atoms with Crippen molar-refractivity contribution >= 4 is 5.97 Å². The van der Waals surface area contributed by atoms with Gasteiger partial charge in [0.15, 0.2) is 5.60 Å². The summed E-state index contributed by atoms with van der Waals surface area (Å²) in [6.07, 6.45) is 5.75. The number of unbranched alkanes of at least 4 members (excludes halogenated alkanes) is 3. The topological polar surface area (TPSA) is 35.5 Å². The third-order valence-corrected chi connectivity index (χ3v) is 4.03. The second-order valence-corrected chi connectivity index (χ2v) is 6.34. The molecule has 0 saturated carbocycles. The highest BCUT2D eigenvalue weighted by molar-refractivity contribution is 5.80. The average Bonchev–Trinajstić information content (AvgIpc) is 2.53. The molecule has 1 aromatic rings. The van der Waals surface area contributed by atoms with Gasteiger partial charge in [0, 0.05) is 7.11 Å². The van der Waals surface area contributed by atoms with Gasteiger partial charge in [-0.15, -0.1) is 0 Å². The van der Waals surface area contributed by atoms with Crippen LogP contribution in [0.5, 0.6) is 0 Å². The van der Waals surface area contributed by atoms with Crippen molar-refractivity contribution in [2.45, 2.75) is 58.5 Å². The van der Waals surface area contributed by atoms with E-state index < -0.39 is 5.60 Å². The summed E-state index contributed by atoms with van der Waals surface area (Å²) in [7, 11) is 1.54. The highest BCUT2D eigenvalue weighted by Gasteiger charge is 2.36. The Bertz CT molecular complexity index is 428. The Kier molecular flexibility index (Phi) is 8.18. The molecule has 124 valence electrons. The summed E-state index contributed by atoms with van der Waals surface area (Å²) < 4.78 is 10.8. The SMILES string of the molecule is COC(C)(C(=O)OCCCCCCC(C)C)c1ccccc1. The lowest BCUT2D eigenvalue weighted by atomic mass is 9.96. The molecule has 0 amide bonds. The number of ether oxygens (including phenoxy) is 2. The van der Waals surface area contributed by atoms with E-state index in [2.05, 4.69) is 13.8 Å². The van der Waals surface area contributed by atoms with Gasteiger partial charge in [0.1, 0.15) is 0 Å². The Labute approximate surface area is 135 Å². The number of carbonyl (C=O) groups excluding carboxylic acids is 1. The van der Waals surface area contributed by atoms with E-state index >= 15 is 0 Å². The fraction of sp³-hybridized carbons (Fsp3) is 0.632. The number of hydrogen-bond donors (Lipinski definition) is 0. The van der Waals surface area contributed by atoms with E-state index in [1.807, 2.05) is 30.3 Å². The van der Waals surface area contributed by atoms with Crippen molar-refractivity contribution in [1.29, 1.82) is 0 Å². The summed E-state index contributed by atoms with van der Waals surface area (Å²) in [5.41, 5.74) is -0.210. The second kappa shape index (κ2) is 9.62. The average molecular weight is 306 g/mol. The van der Waals surface area contributed by atoms with Crippen LogP contribution < -0.4 is 0 Å². The quantitative estimate of drug-likeness (QED) is 0.464. The lowest BCUT2D eigenvalue weighted by Crippen LogP contribution is -2.36. The molecular weight excluding hydrogens is 276 g/mol. The van der Waals surface area contributed by atoms with Crippen LogP contribution in [0.25, 0.3) is 0 Å². The summed E-state index contributed by atoms with van der Waals surface area (Å²) in [5.74, 6) is 0.453. The van der Waals surface area contributed by atoms with Crippen molar-refractivity contribution < 1.29 is 14.3 Å². The molecule has 0 radical (unpaired) electrons. The Morgan fingerprint density at radius 2 is 1.73 bits per heavy atom. The first-order valence-corrected chi connectivity index (χ1v) is 8.28. The molecular formula is C19H30O3. The Morgan fingerprint density at radius 3 is 2.32 bits per heavy atom. The highest BCUT2D eigenvalue weighted by atomic mass is 16.6. The van der Waals surface area contributed by atoms with Crippen LogP contribution in [0.2, 0.25) is 0 Å². The van der Waals surface area contributed by atoms with Gasteiger partial charge in [0.05, 0.1) is 6.61 Å². The maximum Gasteiger partial charge on any atom is 0.342 e. The molecule has 0 N–H and O–H groups in total. The molecule has 0 aliphatic rings. The van der Waals surface area contributed by atoms with Crippen LogP contribution >= 0.6 is 0 Å². The molecule has 0 fully saturated rings. The van der Waals surface area contributed by atoms with Crippen LogP contribution in [0.15, 0.2) is 30.3 Å². The van der Waals surface area contributed by atoms with E-state index in [4.69, 9.17) is 9.47 Å². The van der Waals surface area contributed by atoms with Gasteiger partial charge in [-0.2, -0.15) is 0 Å². The fourth-order valence-corrected chi connectivity index (χ4v) is 2.39. The number of carbonyl (C=O) groups is 1. The minimum Gasteiger partial charge on any atom is -0.463 e. The highest BCUT2D eigenvalue weighted by Crippen LogP contribution is 2.26. The first-order valence-electron chi connectivity index (χ1n) is 8.28. The van der Waals surface area contributed by atoms with Crippen LogP contribution in [0, 0.1) is 5.92 Å². The molecule has 0 spiro atoms. The fourth-order valence-electron chi connectivity index (χ4n) is 2.39. The van der Waals surface area contributed by atoms with Crippen molar-refractivity contribution in [2.24, 2.45) is 5.92 Å². The minimum atomic E-state index is -1.03. The molecule has 0 aliphatic heterocycles. The van der Waals surface area contributed by atoms with E-state index in [1.54, 1.807) is 14.0 Å². The third-order valence-electron chi connectivity index (χ3n) is 4.03. The van der Waals surface area contributed by atoms with Crippen LogP contribution in [-0.2, 0) is 19.9 Å². The first-order chi connectivity index (χ1) is 10.5. The van der Waals surface area contributed by atoms with Crippen LogP contribution in [-0.4, -0.2) is 19.7 Å². The third kappa shape index (κ3) is 5.80. The molecule has 3 nitrogen and oxygen atoms in total. The number of benzene rings is 1. The molecule has 0 heterocycles. The number of rotatable bonds is 10. The molecule has 0 saturated heterocycles. The standard InChI is InChI=1S/C19H30O3/c1-16(2)12-8-5-6-11-15-22-18(20)19(3,21-4)17-13-9-7-10-14-17/h7,9-10,13-14,16H,5-6,8,11-12,15H2,1-4H3. The maximum absolute atomic E-state index is 12.3. The lowest BCUT2D eigenvalue weighted by Gasteiger charge is -2.26. The molecule has 0 bridgehead atoms. The molecule has 1 rings (SSSR count). The zero-order valence-corrected chi connectivity index (χ0v) is 14.4. The zero-order chi connectivity index (χ0) is 16.4. The summed E-state index contributed by atoms with van der Waals surface area (Å²) >= 11 is 0. The van der Waals surface area contributed by atoms with Crippen molar-refractivity contribution in [2.75, 3.05) is 13.7 Å². The van der Waals surface area contributed by atoms with E-state index in [0.29, 0.717) is 6.61 Å². The molecule has 1 aromatic carbocycles. The largest absolute Gasteiger partial charge is 0.463 e. The van der Waals surface area contributed by atoms with Gasteiger partial charge in [-0.25, -0.2) is 4.79 Å². The van der Waals surface area contributed by atoms with E-state index in [1.165, 1.54) is 19.3 Å². The molecule has 0 aliphatic carbocycles. The molecule has 22 heavy (non-hydrogen) atoms. The summed E-state index contributed by atoms with van der Waals surface area (Å²) in [6.45, 7) is 6.72. The van der Waals surface area contributed by atoms with Gasteiger partial charge in [-0.05, 0) is 24.8 Å². The van der Waals surface area contributed by atoms with Gasteiger partial charge >= 0.3 is 5.97 Å². The van der Waals surface area contributed by atoms with Gasteiger partial charge in [0.2, 0.25) is 0 Å². The molecule has 1 unspecified atom stereocenters. The second-order valence-electron chi connectivity index (χ2n) is 6.34. The van der Waals surface area contributed by atoms with Crippen LogP contribution in [0.4, 0.5) is 0 Å². The summed E-state index contributed by atoms with van der Waals surface area (Å²) in [4.78, 5) is 12.3. The lowest BCUT2D eigenvalue weighted by molar-refractivity contribution is -0.168. The van der Waals surface area contributed by atoms with E-state index in [0.717, 1.165) is 24.3 Å². The molecule has 1 atom stereocenters. The van der Waals surface area contributed by atoms with Gasteiger partial charge < -0.3 is 9.47 Å². The summed E-state index contributed by atoms with van der Waals surface area (Å²) in [5, 5.41) is 0. The van der Waals surface area contributed by atoms with E-state index in [-0.39, 0.29) is 5.97 Å². The Balaban J connectivity index is 2.34. The normalized spacial score (nSPS) is 13.9. The smallest absolute Gasteiger partial charge is 0.342 e. The maximum atomic E-state index is 12.3. The van der Waals surface area contributed by atoms with Crippen molar-refractivity contribution in [3.8, 4) is 0 Å². The molecule has 0 aromatic heterocycles. The Morgan fingerprint density at radius 1 is 1.09 bits per heavy atom. The van der Waals surface area contributed by atoms with Gasteiger partial charge in [-0.1, -0.05) is 69.9 Å². The predicted octanol–water partition coefficient (Wildman–Crippen LogP) is 4.70. The first kappa shape index (κ1) is 18.7. The Hall–Kier alpha value is -1.35. The molecule has 3 heteroatoms. The van der Waals surface area contributed by atoms with Crippen molar-refractivity contribution in [1.82, 2.24) is 0 Å². The zero-order valence-electron chi connectivity index (χ0n) is 14.4. The van der Waals surface area contributed by atoms with Gasteiger partial charge in [0.25, 0.3) is 0 Å². The number of methoxy groups -OCH3 is 1. The summed E-state index contributed by atoms with van der Waals surface area (Å²) in [6, 6.07) is 9.48. The van der Waals surface area contributed by atoms with Crippen LogP contribution in [0.3, 0.4) is 0 Å². The van der Waals surface area contributed by atoms with E-state index in [9.17, 15) is 4.79 Å². The predicted molar refractivity (Wildman–Crippen MR) is 89.7 cm³/mol. The number of hydrogen-bond acceptors (Lipinski definition) is 3. The number of esters is 1. The van der Waals surface area contributed by atoms with Crippen molar-refractivity contribution in [3.05, 3.63) is 35.9 Å². The van der Waals surface area contributed by atoms with Crippen LogP contribution in [0.1, 0.15) is 58.4 Å².